The third kappa shape index (κ3) is 3.80. The lowest BCUT2D eigenvalue weighted by Crippen LogP contribution is -2.25. The molecule has 0 saturated carbocycles. The van der Waals surface area contributed by atoms with Crippen LogP contribution in [0.1, 0.15) is 0 Å². The highest BCUT2D eigenvalue weighted by Crippen LogP contribution is 2.20. The Balaban J connectivity index is 1.91. The summed E-state index contributed by atoms with van der Waals surface area (Å²) in [5, 5.41) is 5.97. The number of aryl methyl sites for hydroxylation is 1. The van der Waals surface area contributed by atoms with E-state index >= 15 is 0 Å². The fourth-order valence-corrected chi connectivity index (χ4v) is 3.45. The Kier molecular flexibility index (Phi) is 5.55. The smallest absolute Gasteiger partial charge is 0.262 e. The van der Waals surface area contributed by atoms with Gasteiger partial charge in [-0.3, -0.25) is 14.0 Å². The van der Waals surface area contributed by atoms with Crippen molar-refractivity contribution in [2.45, 2.75) is 18.2 Å². The lowest BCUT2D eigenvalue weighted by molar-refractivity contribution is 0.183. The van der Waals surface area contributed by atoms with Gasteiger partial charge in [0, 0.05) is 30.3 Å². The molecule has 0 spiro atoms. The molecule has 0 unspecified atom stereocenters. The van der Waals surface area contributed by atoms with Crippen molar-refractivity contribution in [3.05, 3.63) is 52.0 Å². The molecule has 0 bridgehead atoms. The predicted molar refractivity (Wildman–Crippen MR) is 95.8 cm³/mol. The third-order valence-electron chi connectivity index (χ3n) is 3.51. The number of hydrogen-bond acceptors (Lipinski definition) is 5. The highest BCUT2D eigenvalue weighted by atomic mass is 35.5. The van der Waals surface area contributed by atoms with Gasteiger partial charge in [0.1, 0.15) is 0 Å². The summed E-state index contributed by atoms with van der Waals surface area (Å²) in [6.07, 6.45) is 3.65. The van der Waals surface area contributed by atoms with Gasteiger partial charge in [-0.2, -0.15) is 5.10 Å². The standard InChI is InChI=1S/C16H17ClN4O2S/c1-23-9-7-21-15(22)13-4-3-12(17)11-14(13)19-16(21)24-10-8-20-6-2-5-18-20/h2-6,11H,7-10H2,1H3. The fraction of sp³-hybridized carbons (Fsp3) is 0.312. The van der Waals surface area contributed by atoms with Crippen molar-refractivity contribution in [1.29, 1.82) is 0 Å². The summed E-state index contributed by atoms with van der Waals surface area (Å²) in [6.45, 7) is 1.66. The minimum atomic E-state index is -0.0738. The molecule has 0 atom stereocenters. The van der Waals surface area contributed by atoms with E-state index in [1.54, 1.807) is 36.1 Å². The van der Waals surface area contributed by atoms with Gasteiger partial charge in [0.05, 0.1) is 30.6 Å². The second-order valence-electron chi connectivity index (χ2n) is 5.12. The van der Waals surface area contributed by atoms with Gasteiger partial charge in [0.2, 0.25) is 0 Å². The van der Waals surface area contributed by atoms with E-state index in [1.165, 1.54) is 11.8 Å². The Labute approximate surface area is 148 Å². The van der Waals surface area contributed by atoms with Gasteiger partial charge in [-0.05, 0) is 24.3 Å². The summed E-state index contributed by atoms with van der Waals surface area (Å²) in [5.74, 6) is 0.757. The number of halogens is 1. The molecule has 3 aromatic rings. The van der Waals surface area contributed by atoms with Gasteiger partial charge in [-0.25, -0.2) is 4.98 Å². The first-order valence-corrected chi connectivity index (χ1v) is 8.84. The Morgan fingerprint density at radius 1 is 1.33 bits per heavy atom. The Morgan fingerprint density at radius 2 is 2.21 bits per heavy atom. The lowest BCUT2D eigenvalue weighted by atomic mass is 10.2. The van der Waals surface area contributed by atoms with Gasteiger partial charge in [0.25, 0.3) is 5.56 Å². The highest BCUT2D eigenvalue weighted by Gasteiger charge is 2.12. The summed E-state index contributed by atoms with van der Waals surface area (Å²) in [7, 11) is 1.61. The van der Waals surface area contributed by atoms with Gasteiger partial charge in [0.15, 0.2) is 5.16 Å². The van der Waals surface area contributed by atoms with Crippen LogP contribution < -0.4 is 5.56 Å². The third-order valence-corrected chi connectivity index (χ3v) is 4.70. The molecule has 6 nitrogen and oxygen atoms in total. The predicted octanol–water partition coefficient (Wildman–Crippen LogP) is 2.69. The Hall–Kier alpha value is -1.83. The largest absolute Gasteiger partial charge is 0.383 e. The molecule has 2 aromatic heterocycles. The van der Waals surface area contributed by atoms with Gasteiger partial charge >= 0.3 is 0 Å². The van der Waals surface area contributed by atoms with Crippen LogP contribution in [0.2, 0.25) is 5.02 Å². The minimum Gasteiger partial charge on any atom is -0.383 e. The van der Waals surface area contributed by atoms with Crippen molar-refractivity contribution in [1.82, 2.24) is 19.3 Å². The zero-order valence-electron chi connectivity index (χ0n) is 13.2. The molecule has 0 fully saturated rings. The van der Waals surface area contributed by atoms with Gasteiger partial charge in [-0.1, -0.05) is 23.4 Å². The molecule has 0 radical (unpaired) electrons. The summed E-state index contributed by atoms with van der Waals surface area (Å²) >= 11 is 7.55. The van der Waals surface area contributed by atoms with E-state index in [4.69, 9.17) is 16.3 Å². The van der Waals surface area contributed by atoms with Crippen LogP contribution in [0.5, 0.6) is 0 Å². The number of aromatic nitrogens is 4. The van der Waals surface area contributed by atoms with E-state index in [2.05, 4.69) is 10.1 Å². The van der Waals surface area contributed by atoms with Crippen LogP contribution in [0.3, 0.4) is 0 Å². The number of benzene rings is 1. The van der Waals surface area contributed by atoms with Crippen molar-refractivity contribution in [3.8, 4) is 0 Å². The molecule has 3 rings (SSSR count). The number of hydrogen-bond donors (Lipinski definition) is 0. The van der Waals surface area contributed by atoms with Crippen LogP contribution in [0.25, 0.3) is 10.9 Å². The Morgan fingerprint density at radius 3 is 2.96 bits per heavy atom. The maximum Gasteiger partial charge on any atom is 0.262 e. The molecule has 0 amide bonds. The summed E-state index contributed by atoms with van der Waals surface area (Å²) in [5.41, 5.74) is 0.540. The van der Waals surface area contributed by atoms with Crippen LogP contribution in [-0.2, 0) is 17.8 Å². The average Bonchev–Trinajstić information content (AvgIpc) is 3.07. The minimum absolute atomic E-state index is 0.0738. The zero-order valence-corrected chi connectivity index (χ0v) is 14.8. The molecule has 8 heteroatoms. The van der Waals surface area contributed by atoms with E-state index in [1.807, 2.05) is 16.9 Å². The number of fused-ring (bicyclic) bond motifs is 1. The molecule has 0 aliphatic rings. The number of nitrogens with zero attached hydrogens (tertiary/aromatic N) is 4. The van der Waals surface area contributed by atoms with E-state index in [0.29, 0.717) is 34.2 Å². The molecule has 0 aliphatic carbocycles. The van der Waals surface area contributed by atoms with Crippen LogP contribution in [0, 0.1) is 0 Å². The maximum atomic E-state index is 12.8. The quantitative estimate of drug-likeness (QED) is 0.476. The molecule has 24 heavy (non-hydrogen) atoms. The average molecular weight is 365 g/mol. The fourth-order valence-electron chi connectivity index (χ4n) is 2.33. The van der Waals surface area contributed by atoms with Crippen molar-refractivity contribution >= 4 is 34.3 Å². The summed E-state index contributed by atoms with van der Waals surface area (Å²) in [6, 6.07) is 7.03. The molecule has 0 saturated heterocycles. The number of rotatable bonds is 7. The maximum absolute atomic E-state index is 12.8. The molecule has 126 valence electrons. The molecule has 2 heterocycles. The summed E-state index contributed by atoms with van der Waals surface area (Å²) in [4.78, 5) is 17.4. The van der Waals surface area contributed by atoms with Gasteiger partial charge < -0.3 is 4.74 Å². The van der Waals surface area contributed by atoms with E-state index in [9.17, 15) is 4.79 Å². The van der Waals surface area contributed by atoms with Crippen molar-refractivity contribution in [2.24, 2.45) is 0 Å². The van der Waals surface area contributed by atoms with Crippen LogP contribution in [0.4, 0.5) is 0 Å². The van der Waals surface area contributed by atoms with E-state index in [0.717, 1.165) is 12.3 Å². The first kappa shape index (κ1) is 17.0. The second kappa shape index (κ2) is 7.83. The van der Waals surface area contributed by atoms with Crippen LogP contribution >= 0.6 is 23.4 Å². The van der Waals surface area contributed by atoms with E-state index in [-0.39, 0.29) is 5.56 Å². The number of ether oxygens (including phenoxy) is 1. The molecular weight excluding hydrogens is 348 g/mol. The number of methoxy groups -OCH3 is 1. The first-order chi connectivity index (χ1) is 11.7. The highest BCUT2D eigenvalue weighted by molar-refractivity contribution is 7.99. The van der Waals surface area contributed by atoms with E-state index < -0.39 is 0 Å². The van der Waals surface area contributed by atoms with Gasteiger partial charge in [-0.15, -0.1) is 0 Å². The topological polar surface area (TPSA) is 61.9 Å². The van der Waals surface area contributed by atoms with Crippen molar-refractivity contribution in [2.75, 3.05) is 19.5 Å². The molecule has 0 N–H and O–H groups in total. The summed E-state index contributed by atoms with van der Waals surface area (Å²) < 4.78 is 8.63. The van der Waals surface area contributed by atoms with Crippen molar-refractivity contribution in [3.63, 3.8) is 0 Å². The number of thioether (sulfide) groups is 1. The van der Waals surface area contributed by atoms with Crippen LogP contribution in [-0.4, -0.2) is 38.8 Å². The first-order valence-electron chi connectivity index (χ1n) is 7.48. The zero-order chi connectivity index (χ0) is 16.9. The molecule has 1 aromatic carbocycles. The lowest BCUT2D eigenvalue weighted by Gasteiger charge is -2.13. The molecule has 0 aliphatic heterocycles. The normalized spacial score (nSPS) is 11.2. The van der Waals surface area contributed by atoms with Crippen LogP contribution in [0.15, 0.2) is 46.6 Å². The van der Waals surface area contributed by atoms with Crippen molar-refractivity contribution < 1.29 is 4.74 Å². The molecular formula is C16H17ClN4O2S. The second-order valence-corrected chi connectivity index (χ2v) is 6.62. The monoisotopic (exact) mass is 364 g/mol. The SMILES string of the molecule is COCCn1c(SCCn2cccn2)nc2cc(Cl)ccc2c1=O. The Bertz CT molecular complexity index is 880.